The minimum atomic E-state index is -1.08. The third kappa shape index (κ3) is 16.2. The highest BCUT2D eigenvalue weighted by molar-refractivity contribution is 5.95. The van der Waals surface area contributed by atoms with E-state index >= 15 is 0 Å². The summed E-state index contributed by atoms with van der Waals surface area (Å²) in [5, 5.41) is 26.6. The summed E-state index contributed by atoms with van der Waals surface area (Å²) in [6.07, 6.45) is 3.97. The first-order valence-corrected chi connectivity index (χ1v) is 20.4. The van der Waals surface area contributed by atoms with Crippen molar-refractivity contribution in [1.82, 2.24) is 31.9 Å². The molecule has 0 aromatic heterocycles. The number of nitrogens with one attached hydrogen (secondary N) is 6. The zero-order valence-electron chi connectivity index (χ0n) is 35.4. The molecule has 3 unspecified atom stereocenters. The zero-order valence-corrected chi connectivity index (χ0v) is 35.4. The molecule has 1 aromatic carbocycles. The van der Waals surface area contributed by atoms with Gasteiger partial charge in [-0.3, -0.25) is 28.8 Å². The number of carbonyl (C=O) groups excluding carboxylic acids is 6. The average Bonchev–Trinajstić information content (AvgIpc) is 3.11. The van der Waals surface area contributed by atoms with Crippen molar-refractivity contribution in [3.05, 3.63) is 35.9 Å². The molecule has 14 heteroatoms. The number of aliphatic hydroxyl groups excluding tert-OH is 1. The van der Waals surface area contributed by atoms with E-state index in [0.29, 0.717) is 18.9 Å². The van der Waals surface area contributed by atoms with Crippen LogP contribution in [0.1, 0.15) is 113 Å². The number of rotatable bonds is 22. The number of aliphatic hydroxyl groups is 1. The van der Waals surface area contributed by atoms with Crippen molar-refractivity contribution in [2.24, 2.45) is 28.6 Å². The van der Waals surface area contributed by atoms with Crippen LogP contribution in [-0.4, -0.2) is 90.5 Å². The fourth-order valence-electron chi connectivity index (χ4n) is 7.48. The lowest BCUT2D eigenvalue weighted by atomic mass is 9.64. The molecule has 1 aliphatic rings. The first-order valence-electron chi connectivity index (χ1n) is 20.4. The summed E-state index contributed by atoms with van der Waals surface area (Å²) in [6, 6.07) is 7.53. The zero-order chi connectivity index (χ0) is 42.2. The lowest BCUT2D eigenvalue weighted by Crippen LogP contribution is -2.63. The molecular weight excluding hydrogens is 715 g/mol. The molecule has 1 aromatic rings. The third-order valence-electron chi connectivity index (χ3n) is 10.8. The van der Waals surface area contributed by atoms with Gasteiger partial charge in [-0.05, 0) is 62.3 Å². The van der Waals surface area contributed by atoms with Gasteiger partial charge in [0.1, 0.15) is 12.1 Å². The Bertz CT molecular complexity index is 1450. The topological polar surface area (TPSA) is 222 Å². The lowest BCUT2D eigenvalue weighted by Gasteiger charge is -2.41. The maximum absolute atomic E-state index is 13.9. The summed E-state index contributed by atoms with van der Waals surface area (Å²) < 4.78 is 0. The van der Waals surface area contributed by atoms with Crippen LogP contribution in [0.3, 0.4) is 0 Å². The highest BCUT2D eigenvalue weighted by Gasteiger charge is 2.46. The van der Waals surface area contributed by atoms with Crippen LogP contribution in [-0.2, 0) is 35.2 Å². The van der Waals surface area contributed by atoms with Crippen molar-refractivity contribution in [2.45, 2.75) is 144 Å². The molecule has 0 spiro atoms. The van der Waals surface area contributed by atoms with Crippen LogP contribution >= 0.6 is 0 Å². The maximum atomic E-state index is 13.9. The first kappa shape index (κ1) is 48.1. The van der Waals surface area contributed by atoms with E-state index < -0.39 is 59.2 Å². The Morgan fingerprint density at radius 1 is 0.750 bits per heavy atom. The van der Waals surface area contributed by atoms with E-state index in [9.17, 15) is 33.9 Å². The van der Waals surface area contributed by atoms with Gasteiger partial charge in [0.25, 0.3) is 0 Å². The van der Waals surface area contributed by atoms with Gasteiger partial charge in [-0.25, -0.2) is 0 Å². The second-order valence-corrected chi connectivity index (χ2v) is 17.7. The van der Waals surface area contributed by atoms with Gasteiger partial charge in [-0.2, -0.15) is 0 Å². The first-order chi connectivity index (χ1) is 26.1. The SMILES string of the molecule is CC(C)C[C@H](NC(=O)[C@H](Cc1ccccc1)NC(=O)CNC(=O)C(C)(CC(C)(CC(C)C)C(=O)NCC(C)O)C(C)C)C(=O)NCC(=O)NC1CCC([NH3+])CC1. The van der Waals surface area contributed by atoms with Crippen LogP contribution in [0.4, 0.5) is 0 Å². The molecule has 316 valence electrons. The Morgan fingerprint density at radius 2 is 1.36 bits per heavy atom. The molecule has 0 radical (unpaired) electrons. The Balaban J connectivity index is 2.18. The van der Waals surface area contributed by atoms with E-state index in [1.165, 1.54) is 0 Å². The Kier molecular flexibility index (Phi) is 19.4. The molecule has 0 heterocycles. The normalized spacial score (nSPS) is 19.5. The van der Waals surface area contributed by atoms with Gasteiger partial charge in [0.15, 0.2) is 0 Å². The summed E-state index contributed by atoms with van der Waals surface area (Å²) in [5.41, 5.74) is 2.88. The molecule has 1 aliphatic carbocycles. The van der Waals surface area contributed by atoms with Crippen LogP contribution in [0.15, 0.2) is 30.3 Å². The summed E-state index contributed by atoms with van der Waals surface area (Å²) >= 11 is 0. The van der Waals surface area contributed by atoms with E-state index in [4.69, 9.17) is 0 Å². The van der Waals surface area contributed by atoms with Gasteiger partial charge in [0.2, 0.25) is 35.4 Å². The van der Waals surface area contributed by atoms with Crippen LogP contribution < -0.4 is 37.6 Å². The molecule has 0 saturated heterocycles. The average molecular weight is 787 g/mol. The molecule has 0 bridgehead atoms. The molecule has 1 fully saturated rings. The second kappa shape index (κ2) is 22.6. The Hall–Kier alpha value is -4.04. The number of carbonyl (C=O) groups is 6. The van der Waals surface area contributed by atoms with Gasteiger partial charge in [0.05, 0.1) is 25.2 Å². The quantitative estimate of drug-likeness (QED) is 0.0869. The smallest absolute Gasteiger partial charge is 0.243 e. The fourth-order valence-corrected chi connectivity index (χ4v) is 7.48. The van der Waals surface area contributed by atoms with E-state index in [1.807, 2.05) is 78.8 Å². The molecule has 5 atom stereocenters. The minimum absolute atomic E-state index is 0.0251. The van der Waals surface area contributed by atoms with E-state index in [1.54, 1.807) is 13.8 Å². The van der Waals surface area contributed by atoms with Gasteiger partial charge in [0, 0.05) is 42.7 Å². The van der Waals surface area contributed by atoms with Crippen LogP contribution in [0, 0.1) is 28.6 Å². The summed E-state index contributed by atoms with van der Waals surface area (Å²) in [6.45, 7) is 16.3. The highest BCUT2D eigenvalue weighted by Crippen LogP contribution is 2.43. The third-order valence-corrected chi connectivity index (χ3v) is 10.8. The van der Waals surface area contributed by atoms with E-state index in [2.05, 4.69) is 37.6 Å². The van der Waals surface area contributed by atoms with E-state index in [-0.39, 0.29) is 61.5 Å². The molecule has 56 heavy (non-hydrogen) atoms. The van der Waals surface area contributed by atoms with E-state index in [0.717, 1.165) is 31.2 Å². The van der Waals surface area contributed by atoms with Crippen LogP contribution in [0.25, 0.3) is 0 Å². The Morgan fingerprint density at radius 3 is 1.91 bits per heavy atom. The fraction of sp³-hybridized carbons (Fsp3) is 0.714. The van der Waals surface area contributed by atoms with Crippen LogP contribution in [0.5, 0.6) is 0 Å². The molecule has 1 saturated carbocycles. The molecule has 14 nitrogen and oxygen atoms in total. The van der Waals surface area contributed by atoms with Gasteiger partial charge < -0.3 is 42.7 Å². The largest absolute Gasteiger partial charge is 0.392 e. The standard InChI is InChI=1S/C42H71N7O7/c1-26(2)19-33(37(53)44-23-35(51)47-32-17-15-31(43)16-18-32)49-38(54)34(20-30-13-11-10-12-14-30)48-36(52)24-46-40(56)42(9,28(5)6)25-41(8,21-27(3)4)39(55)45-22-29(7)50/h10-14,26-29,31-34,50H,15-25,43H2,1-9H3,(H,44,53)(H,45,55)(H,46,56)(H,47,51)(H,48,52)(H,49,54)/p+1/t29?,31?,32?,33-,34-,41?,42?/m0/s1. The monoisotopic (exact) mass is 787 g/mol. The number of hydrogen-bond acceptors (Lipinski definition) is 7. The number of hydrogen-bond donors (Lipinski definition) is 8. The van der Waals surface area contributed by atoms with Crippen LogP contribution in [0.2, 0.25) is 0 Å². The predicted octanol–water partition coefficient (Wildman–Crippen LogP) is 1.75. The van der Waals surface area contributed by atoms with Gasteiger partial charge >= 0.3 is 0 Å². The van der Waals surface area contributed by atoms with Crippen molar-refractivity contribution in [2.75, 3.05) is 19.6 Å². The molecule has 0 aliphatic heterocycles. The van der Waals surface area contributed by atoms with Crippen molar-refractivity contribution in [3.63, 3.8) is 0 Å². The minimum Gasteiger partial charge on any atom is -0.392 e. The number of benzene rings is 1. The van der Waals surface area contributed by atoms with Crippen molar-refractivity contribution >= 4 is 35.4 Å². The second-order valence-electron chi connectivity index (χ2n) is 17.7. The molecule has 2 rings (SSSR count). The summed E-state index contributed by atoms with van der Waals surface area (Å²) in [7, 11) is 0. The van der Waals surface area contributed by atoms with Gasteiger partial charge in [-0.15, -0.1) is 0 Å². The molecule has 6 amide bonds. The summed E-state index contributed by atoms with van der Waals surface area (Å²) in [5.74, 6) is -2.67. The highest BCUT2D eigenvalue weighted by atomic mass is 16.3. The van der Waals surface area contributed by atoms with Crippen molar-refractivity contribution in [3.8, 4) is 0 Å². The van der Waals surface area contributed by atoms with Gasteiger partial charge in [-0.1, -0.05) is 85.7 Å². The lowest BCUT2D eigenvalue weighted by molar-refractivity contribution is -0.425. The molecular formula is C42H72N7O7+. The number of quaternary nitrogens is 1. The number of amides is 6. The maximum Gasteiger partial charge on any atom is 0.243 e. The molecule has 10 N–H and O–H groups in total. The summed E-state index contributed by atoms with van der Waals surface area (Å²) in [4.78, 5) is 80.7. The predicted molar refractivity (Wildman–Crippen MR) is 216 cm³/mol. The Labute approximate surface area is 334 Å². The van der Waals surface area contributed by atoms with Crippen molar-refractivity contribution in [1.29, 1.82) is 0 Å². The van der Waals surface area contributed by atoms with Crippen molar-refractivity contribution < 1.29 is 39.6 Å².